The van der Waals surface area contributed by atoms with E-state index in [-0.39, 0.29) is 29.4 Å². The van der Waals surface area contributed by atoms with Crippen LogP contribution in [-0.2, 0) is 16.6 Å². The van der Waals surface area contributed by atoms with E-state index in [0.717, 1.165) is 68.8 Å². The van der Waals surface area contributed by atoms with Gasteiger partial charge in [0.1, 0.15) is 0 Å². The lowest BCUT2D eigenvalue weighted by Gasteiger charge is -2.36. The number of aliphatic imine (C=N–C) groups is 1. The molecule has 28 heavy (non-hydrogen) atoms. The monoisotopic (exact) mass is 514 g/mol. The first kappa shape index (κ1) is 23.1. The van der Waals surface area contributed by atoms with Crippen molar-refractivity contribution in [2.75, 3.05) is 32.8 Å². The zero-order chi connectivity index (χ0) is 19.0. The van der Waals surface area contributed by atoms with Gasteiger partial charge in [-0.1, -0.05) is 30.3 Å². The Morgan fingerprint density at radius 1 is 1.21 bits per heavy atom. The van der Waals surface area contributed by atoms with Gasteiger partial charge in [-0.05, 0) is 32.3 Å². The van der Waals surface area contributed by atoms with Crippen molar-refractivity contribution >= 4 is 41.3 Å². The van der Waals surface area contributed by atoms with Crippen LogP contribution in [0.4, 0.5) is 0 Å². The number of thiazole rings is 1. The molecule has 1 fully saturated rings. The van der Waals surface area contributed by atoms with Gasteiger partial charge in [-0.2, -0.15) is 0 Å². The number of nitrogens with one attached hydrogen (secondary N) is 2. The third-order valence-electron chi connectivity index (χ3n) is 5.06. The van der Waals surface area contributed by atoms with Gasteiger partial charge in [0.2, 0.25) is 0 Å². The highest BCUT2D eigenvalue weighted by Crippen LogP contribution is 2.35. The number of halogens is 1. The average molecular weight is 514 g/mol. The van der Waals surface area contributed by atoms with E-state index in [2.05, 4.69) is 58.3 Å². The fraction of sp³-hybridized carbons (Fsp3) is 0.524. The van der Waals surface area contributed by atoms with Gasteiger partial charge in [-0.15, -0.1) is 35.3 Å². The molecule has 2 heterocycles. The standard InChI is InChI=1S/C21H30N4OS.HI/c1-3-22-20(23-12-9-19-15-27-17(2)25-19)24-16-21(10-13-26-14-11-21)18-7-5-4-6-8-18;/h4-8,15H,3,9-14,16H2,1-2H3,(H2,22,23,24);1H. The Hall–Kier alpha value is -1.19. The number of hydrogen-bond donors (Lipinski definition) is 2. The first-order valence-corrected chi connectivity index (χ1v) is 10.7. The molecule has 0 aliphatic carbocycles. The SMILES string of the molecule is CCNC(=NCC1(c2ccccc2)CCOCC1)NCCc1csc(C)n1.I. The number of aryl methyl sites for hydroxylation is 1. The van der Waals surface area contributed by atoms with Crippen LogP contribution in [0, 0.1) is 6.92 Å². The van der Waals surface area contributed by atoms with Crippen molar-refractivity contribution in [1.29, 1.82) is 0 Å². The number of nitrogens with zero attached hydrogens (tertiary/aromatic N) is 2. The smallest absolute Gasteiger partial charge is 0.191 e. The van der Waals surface area contributed by atoms with Gasteiger partial charge in [-0.25, -0.2) is 4.98 Å². The molecule has 0 unspecified atom stereocenters. The lowest BCUT2D eigenvalue weighted by molar-refractivity contribution is 0.0531. The van der Waals surface area contributed by atoms with Gasteiger partial charge in [-0.3, -0.25) is 4.99 Å². The van der Waals surface area contributed by atoms with Crippen LogP contribution in [0.5, 0.6) is 0 Å². The summed E-state index contributed by atoms with van der Waals surface area (Å²) in [5.74, 6) is 0.881. The quantitative estimate of drug-likeness (QED) is 0.334. The zero-order valence-electron chi connectivity index (χ0n) is 16.7. The summed E-state index contributed by atoms with van der Waals surface area (Å²) in [6.07, 6.45) is 2.93. The number of benzene rings is 1. The van der Waals surface area contributed by atoms with E-state index in [0.29, 0.717) is 0 Å². The maximum atomic E-state index is 5.63. The Balaban J connectivity index is 0.00000280. The second-order valence-corrected chi connectivity index (χ2v) is 8.05. The summed E-state index contributed by atoms with van der Waals surface area (Å²) in [7, 11) is 0. The van der Waals surface area contributed by atoms with Crippen molar-refractivity contribution in [1.82, 2.24) is 15.6 Å². The van der Waals surface area contributed by atoms with Gasteiger partial charge in [0, 0.05) is 43.5 Å². The van der Waals surface area contributed by atoms with Crippen molar-refractivity contribution in [2.24, 2.45) is 4.99 Å². The van der Waals surface area contributed by atoms with Crippen LogP contribution >= 0.6 is 35.3 Å². The Morgan fingerprint density at radius 3 is 2.61 bits per heavy atom. The second kappa shape index (κ2) is 11.7. The van der Waals surface area contributed by atoms with Crippen LogP contribution in [0.25, 0.3) is 0 Å². The molecule has 1 aromatic carbocycles. The highest BCUT2D eigenvalue weighted by Gasteiger charge is 2.34. The van der Waals surface area contributed by atoms with Crippen LogP contribution in [0.15, 0.2) is 40.7 Å². The summed E-state index contributed by atoms with van der Waals surface area (Å²) in [4.78, 5) is 9.47. The van der Waals surface area contributed by atoms with Crippen LogP contribution in [0.3, 0.4) is 0 Å². The van der Waals surface area contributed by atoms with E-state index in [9.17, 15) is 0 Å². The molecule has 3 rings (SSSR count). The summed E-state index contributed by atoms with van der Waals surface area (Å²) in [5.41, 5.74) is 2.57. The fourth-order valence-corrected chi connectivity index (χ4v) is 4.14. The van der Waals surface area contributed by atoms with E-state index in [4.69, 9.17) is 9.73 Å². The topological polar surface area (TPSA) is 58.5 Å². The normalized spacial score (nSPS) is 16.3. The van der Waals surface area contributed by atoms with E-state index in [1.165, 1.54) is 5.56 Å². The Bertz CT molecular complexity index is 729. The predicted molar refractivity (Wildman–Crippen MR) is 128 cm³/mol. The molecule has 1 aliphatic rings. The van der Waals surface area contributed by atoms with Crippen LogP contribution in [0.2, 0.25) is 0 Å². The van der Waals surface area contributed by atoms with Crippen LogP contribution in [-0.4, -0.2) is 43.8 Å². The summed E-state index contributed by atoms with van der Waals surface area (Å²) in [6, 6.07) is 10.8. The molecule has 0 spiro atoms. The first-order chi connectivity index (χ1) is 13.2. The van der Waals surface area contributed by atoms with E-state index in [1.807, 2.05) is 6.92 Å². The highest BCUT2D eigenvalue weighted by molar-refractivity contribution is 14.0. The fourth-order valence-electron chi connectivity index (χ4n) is 3.50. The Kier molecular flexibility index (Phi) is 9.67. The summed E-state index contributed by atoms with van der Waals surface area (Å²) < 4.78 is 5.63. The van der Waals surface area contributed by atoms with Gasteiger partial charge in [0.05, 0.1) is 17.2 Å². The minimum Gasteiger partial charge on any atom is -0.381 e. The molecule has 0 atom stereocenters. The minimum absolute atomic E-state index is 0. The van der Waals surface area contributed by atoms with E-state index in [1.54, 1.807) is 11.3 Å². The molecular formula is C21H31IN4OS. The molecule has 1 aromatic heterocycles. The van der Waals surface area contributed by atoms with Gasteiger partial charge >= 0.3 is 0 Å². The molecule has 0 amide bonds. The number of guanidine groups is 1. The lowest BCUT2D eigenvalue weighted by Crippen LogP contribution is -2.41. The molecule has 0 saturated carbocycles. The van der Waals surface area contributed by atoms with Crippen molar-refractivity contribution in [3.8, 4) is 0 Å². The lowest BCUT2D eigenvalue weighted by atomic mass is 9.74. The van der Waals surface area contributed by atoms with Crippen molar-refractivity contribution in [3.05, 3.63) is 52.0 Å². The minimum atomic E-state index is 0. The largest absolute Gasteiger partial charge is 0.381 e. The van der Waals surface area contributed by atoms with Crippen molar-refractivity contribution in [3.63, 3.8) is 0 Å². The summed E-state index contributed by atoms with van der Waals surface area (Å²) >= 11 is 1.70. The molecular weight excluding hydrogens is 483 g/mol. The Morgan fingerprint density at radius 2 is 1.96 bits per heavy atom. The second-order valence-electron chi connectivity index (χ2n) is 6.99. The van der Waals surface area contributed by atoms with E-state index >= 15 is 0 Å². The predicted octanol–water partition coefficient (Wildman–Crippen LogP) is 3.92. The van der Waals surface area contributed by atoms with Gasteiger partial charge in [0.25, 0.3) is 0 Å². The first-order valence-electron chi connectivity index (χ1n) is 9.78. The third kappa shape index (κ3) is 6.42. The maximum absolute atomic E-state index is 5.63. The molecule has 5 nitrogen and oxygen atoms in total. The van der Waals surface area contributed by atoms with Crippen molar-refractivity contribution < 1.29 is 4.74 Å². The molecule has 7 heteroatoms. The maximum Gasteiger partial charge on any atom is 0.191 e. The average Bonchev–Trinajstić information content (AvgIpc) is 3.12. The van der Waals surface area contributed by atoms with Crippen molar-refractivity contribution in [2.45, 2.75) is 38.5 Å². The molecule has 0 radical (unpaired) electrons. The zero-order valence-corrected chi connectivity index (χ0v) is 19.9. The van der Waals surface area contributed by atoms with Gasteiger partial charge in [0.15, 0.2) is 5.96 Å². The number of hydrogen-bond acceptors (Lipinski definition) is 4. The molecule has 2 aromatic rings. The number of rotatable bonds is 7. The Labute approximate surface area is 189 Å². The molecule has 2 N–H and O–H groups in total. The van der Waals surface area contributed by atoms with Crippen LogP contribution in [0.1, 0.15) is 36.0 Å². The van der Waals surface area contributed by atoms with Crippen LogP contribution < -0.4 is 10.6 Å². The summed E-state index contributed by atoms with van der Waals surface area (Å²) in [6.45, 7) is 8.20. The van der Waals surface area contributed by atoms with E-state index < -0.39 is 0 Å². The molecule has 0 bridgehead atoms. The highest BCUT2D eigenvalue weighted by atomic mass is 127. The van der Waals surface area contributed by atoms with Gasteiger partial charge < -0.3 is 15.4 Å². The molecule has 154 valence electrons. The molecule has 1 aliphatic heterocycles. The number of aromatic nitrogens is 1. The summed E-state index contributed by atoms with van der Waals surface area (Å²) in [5, 5.41) is 10.1. The third-order valence-corrected chi connectivity index (χ3v) is 5.88. The number of ether oxygens (including phenoxy) is 1. The molecule has 1 saturated heterocycles.